The first-order valence-corrected chi connectivity index (χ1v) is 43.1. The van der Waals surface area contributed by atoms with Gasteiger partial charge in [0.05, 0.1) is 25.4 Å². The molecule has 6 nitrogen and oxygen atoms in total. The van der Waals surface area contributed by atoms with Crippen LogP contribution in [-0.2, 0) is 14.3 Å². The molecule has 2 unspecified atom stereocenters. The molecule has 2 atom stereocenters. The van der Waals surface area contributed by atoms with Crippen LogP contribution in [0, 0.1) is 0 Å². The summed E-state index contributed by atoms with van der Waals surface area (Å²) in [5, 5.41) is 23.3. The fourth-order valence-corrected chi connectivity index (χ4v) is 13.9. The van der Waals surface area contributed by atoms with Crippen LogP contribution in [0.1, 0.15) is 495 Å². The van der Waals surface area contributed by atoms with Crippen molar-refractivity contribution in [1.29, 1.82) is 0 Å². The summed E-state index contributed by atoms with van der Waals surface area (Å²) in [4.78, 5) is 24.7. The fourth-order valence-electron chi connectivity index (χ4n) is 13.9. The molecule has 552 valence electrons. The number of amides is 1. The Morgan fingerprint density at radius 3 is 0.763 bits per heavy atom. The second-order valence-electron chi connectivity index (χ2n) is 29.9. The van der Waals surface area contributed by atoms with Crippen molar-refractivity contribution in [3.8, 4) is 0 Å². The Hall–Kier alpha value is -1.66. The Bertz CT molecular complexity index is 1460. The molecule has 3 N–H and O–H groups in total. The fraction of sp³-hybridized carbons (Fsp3) is 0.931. The summed E-state index contributed by atoms with van der Waals surface area (Å²) in [6.45, 7) is 4.96. The zero-order valence-electron chi connectivity index (χ0n) is 63.5. The molecule has 0 saturated carbocycles. The molecule has 1 amide bonds. The first-order valence-electron chi connectivity index (χ1n) is 43.1. The van der Waals surface area contributed by atoms with E-state index < -0.39 is 12.1 Å². The maximum Gasteiger partial charge on any atom is 0.305 e. The Kier molecular flexibility index (Phi) is 81.3. The molecule has 0 heterocycles. The highest BCUT2D eigenvalue weighted by Crippen LogP contribution is 2.21. The number of hydrogen-bond acceptors (Lipinski definition) is 5. The summed E-state index contributed by atoms with van der Waals surface area (Å²) >= 11 is 0. The summed E-state index contributed by atoms with van der Waals surface area (Å²) in [7, 11) is 0. The van der Waals surface area contributed by atoms with Gasteiger partial charge in [-0.1, -0.05) is 449 Å². The molecule has 6 heteroatoms. The number of ether oxygens (including phenoxy) is 1. The molecule has 0 radical (unpaired) electrons. The van der Waals surface area contributed by atoms with Crippen molar-refractivity contribution < 1.29 is 24.5 Å². The van der Waals surface area contributed by atoms with Gasteiger partial charge in [-0.3, -0.25) is 9.59 Å². The lowest BCUT2D eigenvalue weighted by molar-refractivity contribution is -0.143. The molecule has 0 fully saturated rings. The van der Waals surface area contributed by atoms with Crippen molar-refractivity contribution in [1.82, 2.24) is 5.32 Å². The summed E-state index contributed by atoms with van der Waals surface area (Å²) in [5.41, 5.74) is 0. The highest BCUT2D eigenvalue weighted by atomic mass is 16.5. The number of unbranched alkanes of at least 4 members (excludes halogenated alkanes) is 69. The molecule has 0 aromatic rings. The minimum Gasteiger partial charge on any atom is -0.466 e. The maximum atomic E-state index is 12.6. The van der Waals surface area contributed by atoms with Crippen LogP contribution in [0.5, 0.6) is 0 Å². The van der Waals surface area contributed by atoms with E-state index >= 15 is 0 Å². The predicted octanol–water partition coefficient (Wildman–Crippen LogP) is 28.8. The van der Waals surface area contributed by atoms with E-state index in [4.69, 9.17) is 4.74 Å². The summed E-state index contributed by atoms with van der Waals surface area (Å²) in [6.07, 6.45) is 108. The van der Waals surface area contributed by atoms with Crippen molar-refractivity contribution in [2.24, 2.45) is 0 Å². The van der Waals surface area contributed by atoms with Gasteiger partial charge in [-0.05, 0) is 57.8 Å². The first kappa shape index (κ1) is 91.3. The van der Waals surface area contributed by atoms with Gasteiger partial charge in [0.15, 0.2) is 0 Å². The van der Waals surface area contributed by atoms with E-state index in [1.54, 1.807) is 6.08 Å². The molecular weight excluding hydrogens is 1140 g/mol. The van der Waals surface area contributed by atoms with E-state index in [0.29, 0.717) is 19.4 Å². The summed E-state index contributed by atoms with van der Waals surface area (Å²) in [5.74, 6) is -0.0340. The molecule has 0 rings (SSSR count). The Balaban J connectivity index is 3.32. The topological polar surface area (TPSA) is 95.9 Å². The van der Waals surface area contributed by atoms with E-state index in [2.05, 4.69) is 31.3 Å². The number of allylic oxidation sites excluding steroid dienone is 3. The molecule has 0 aliphatic rings. The third-order valence-corrected chi connectivity index (χ3v) is 20.5. The summed E-state index contributed by atoms with van der Waals surface area (Å²) in [6, 6.07) is -0.625. The van der Waals surface area contributed by atoms with Gasteiger partial charge in [0, 0.05) is 12.8 Å². The minimum absolute atomic E-state index is 0.0232. The smallest absolute Gasteiger partial charge is 0.305 e. The number of esters is 1. The van der Waals surface area contributed by atoms with Crippen LogP contribution < -0.4 is 5.32 Å². The monoisotopic (exact) mass is 1310 g/mol. The minimum atomic E-state index is -0.842. The average molecular weight is 1310 g/mol. The molecule has 0 aromatic carbocycles. The number of carbonyl (C=O) groups excluding carboxylic acids is 2. The van der Waals surface area contributed by atoms with Gasteiger partial charge in [-0.25, -0.2) is 0 Å². The number of nitrogens with one attached hydrogen (secondary N) is 1. The molecule has 0 spiro atoms. The lowest BCUT2D eigenvalue weighted by atomic mass is 10.0. The van der Waals surface area contributed by atoms with Crippen molar-refractivity contribution in [2.75, 3.05) is 13.2 Å². The van der Waals surface area contributed by atoms with Crippen molar-refractivity contribution >= 4 is 11.9 Å². The van der Waals surface area contributed by atoms with Crippen LogP contribution in [0.2, 0.25) is 0 Å². The van der Waals surface area contributed by atoms with Crippen LogP contribution >= 0.6 is 0 Å². The summed E-state index contributed by atoms with van der Waals surface area (Å²) < 4.78 is 5.52. The van der Waals surface area contributed by atoms with Gasteiger partial charge in [0.2, 0.25) is 5.91 Å². The van der Waals surface area contributed by atoms with Crippen molar-refractivity contribution in [2.45, 2.75) is 508 Å². The molecule has 0 aliphatic carbocycles. The second-order valence-corrected chi connectivity index (χ2v) is 29.9. The SMILES string of the molecule is CCCCCCCC/C=C\CCCCCCCCCCCC(=O)OCCCCCCCCCCCCCCCCCCCCCCCCCCCCCCCCCCCCCC(=O)NC(CO)C(O)/C=C/CCCCCCCCCCCCCCCCCCCCCC. The quantitative estimate of drug-likeness (QED) is 0.0320. The van der Waals surface area contributed by atoms with Crippen LogP contribution in [0.4, 0.5) is 0 Å². The van der Waals surface area contributed by atoms with E-state index in [1.807, 2.05) is 6.08 Å². The standard InChI is InChI=1S/C87H169NO5/c1-3-5-7-9-11-13-15-17-19-21-23-24-40-44-47-51-55-59-63-67-71-75-79-85(90)84(83-89)88-86(91)80-76-72-68-64-60-56-52-48-45-41-38-36-34-32-30-28-26-25-27-29-31-33-35-37-39-42-46-50-54-58-62-66-70-74-78-82-93-87(92)81-77-73-69-65-61-57-53-49-43-22-20-18-16-14-12-10-8-6-4-2/h18,20,75,79,84-85,89-90H,3-17,19,21-74,76-78,80-83H2,1-2H3,(H,88,91)/b20-18-,79-75+. The lowest BCUT2D eigenvalue weighted by Gasteiger charge is -2.20. The van der Waals surface area contributed by atoms with Gasteiger partial charge in [-0.15, -0.1) is 0 Å². The highest BCUT2D eigenvalue weighted by molar-refractivity contribution is 5.76. The molecule has 0 saturated heterocycles. The zero-order chi connectivity index (χ0) is 67.0. The highest BCUT2D eigenvalue weighted by Gasteiger charge is 2.18. The molecule has 93 heavy (non-hydrogen) atoms. The second kappa shape index (κ2) is 82.8. The van der Waals surface area contributed by atoms with E-state index in [9.17, 15) is 19.8 Å². The Morgan fingerprint density at radius 1 is 0.290 bits per heavy atom. The average Bonchev–Trinajstić information content (AvgIpc) is 3.65. The molecule has 0 aliphatic heterocycles. The molecule has 0 aromatic heterocycles. The number of aliphatic hydroxyl groups is 2. The van der Waals surface area contributed by atoms with Crippen molar-refractivity contribution in [3.63, 3.8) is 0 Å². The Morgan fingerprint density at radius 2 is 0.505 bits per heavy atom. The molecular formula is C87H169NO5. The zero-order valence-corrected chi connectivity index (χ0v) is 63.5. The molecule has 0 bridgehead atoms. The van der Waals surface area contributed by atoms with Crippen LogP contribution in [0.25, 0.3) is 0 Å². The third-order valence-electron chi connectivity index (χ3n) is 20.5. The van der Waals surface area contributed by atoms with E-state index in [1.165, 1.54) is 430 Å². The normalized spacial score (nSPS) is 12.5. The van der Waals surface area contributed by atoms with Crippen LogP contribution in [0.15, 0.2) is 24.3 Å². The van der Waals surface area contributed by atoms with Gasteiger partial charge in [0.25, 0.3) is 0 Å². The predicted molar refractivity (Wildman–Crippen MR) is 412 cm³/mol. The van der Waals surface area contributed by atoms with Crippen LogP contribution in [-0.4, -0.2) is 47.4 Å². The number of rotatable bonds is 82. The van der Waals surface area contributed by atoms with Crippen molar-refractivity contribution in [3.05, 3.63) is 24.3 Å². The third kappa shape index (κ3) is 79.2. The van der Waals surface area contributed by atoms with Gasteiger partial charge >= 0.3 is 5.97 Å². The number of carbonyl (C=O) groups is 2. The van der Waals surface area contributed by atoms with E-state index in [-0.39, 0.29) is 18.5 Å². The van der Waals surface area contributed by atoms with Gasteiger partial charge < -0.3 is 20.3 Å². The van der Waals surface area contributed by atoms with E-state index in [0.717, 1.165) is 38.5 Å². The maximum absolute atomic E-state index is 12.6. The first-order chi connectivity index (χ1) is 46.0. The van der Waals surface area contributed by atoms with Gasteiger partial charge in [-0.2, -0.15) is 0 Å². The van der Waals surface area contributed by atoms with Gasteiger partial charge in [0.1, 0.15) is 0 Å². The lowest BCUT2D eigenvalue weighted by Crippen LogP contribution is -2.45. The number of aliphatic hydroxyl groups excluding tert-OH is 2. The Labute approximate surface area is 583 Å². The van der Waals surface area contributed by atoms with Crippen LogP contribution in [0.3, 0.4) is 0 Å². The largest absolute Gasteiger partial charge is 0.466 e. The number of hydrogen-bond donors (Lipinski definition) is 3.